The largest absolute Gasteiger partial charge is 0.507 e. The second-order valence-corrected chi connectivity index (χ2v) is 5.76. The lowest BCUT2D eigenvalue weighted by atomic mass is 10.2. The van der Waals surface area contributed by atoms with Gasteiger partial charge in [0.2, 0.25) is 5.75 Å². The fourth-order valence-electron chi connectivity index (χ4n) is 2.36. The Balaban J connectivity index is 1.75. The van der Waals surface area contributed by atoms with Gasteiger partial charge >= 0.3 is 5.69 Å². The summed E-state index contributed by atoms with van der Waals surface area (Å²) >= 11 is 0. The standard InChI is InChI=1S/C20H14FN3O5/c21-14-6-8-15(9-7-14)29-19-10-5-13(11-17(19)24(27)28)12-22-23-20(26)16-3-1-2-4-18(16)25/h1-12,25H,(H,23,26)/b22-12-. The number of aromatic hydroxyl groups is 1. The highest BCUT2D eigenvalue weighted by Crippen LogP contribution is 2.31. The number of amides is 1. The Kier molecular flexibility index (Phi) is 5.79. The van der Waals surface area contributed by atoms with E-state index in [2.05, 4.69) is 10.5 Å². The number of halogens is 1. The van der Waals surface area contributed by atoms with Gasteiger partial charge in [0.15, 0.2) is 0 Å². The molecule has 0 bridgehead atoms. The maximum atomic E-state index is 13.0. The maximum Gasteiger partial charge on any atom is 0.312 e. The summed E-state index contributed by atoms with van der Waals surface area (Å²) in [7, 11) is 0. The molecule has 1 amide bonds. The van der Waals surface area contributed by atoms with Gasteiger partial charge in [0.25, 0.3) is 5.91 Å². The number of nitrogens with one attached hydrogen (secondary N) is 1. The van der Waals surface area contributed by atoms with Crippen LogP contribution in [-0.2, 0) is 0 Å². The first kappa shape index (κ1) is 19.5. The smallest absolute Gasteiger partial charge is 0.312 e. The second kappa shape index (κ2) is 8.61. The van der Waals surface area contributed by atoms with E-state index in [9.17, 15) is 24.4 Å². The first-order valence-corrected chi connectivity index (χ1v) is 8.27. The molecule has 9 heteroatoms. The molecule has 0 aliphatic rings. The third-order valence-corrected chi connectivity index (χ3v) is 3.75. The number of carbonyl (C=O) groups is 1. The van der Waals surface area contributed by atoms with Gasteiger partial charge < -0.3 is 9.84 Å². The van der Waals surface area contributed by atoms with Crippen LogP contribution in [0.5, 0.6) is 17.2 Å². The van der Waals surface area contributed by atoms with E-state index < -0.39 is 16.6 Å². The molecule has 0 fully saturated rings. The Labute approximate surface area is 164 Å². The molecule has 0 unspecified atom stereocenters. The van der Waals surface area contributed by atoms with Crippen LogP contribution in [0.15, 0.2) is 71.8 Å². The number of nitro benzene ring substituents is 1. The first-order valence-electron chi connectivity index (χ1n) is 8.27. The van der Waals surface area contributed by atoms with Crippen molar-refractivity contribution in [1.82, 2.24) is 5.43 Å². The normalized spacial score (nSPS) is 10.7. The van der Waals surface area contributed by atoms with Crippen LogP contribution in [0.2, 0.25) is 0 Å². The minimum Gasteiger partial charge on any atom is -0.507 e. The van der Waals surface area contributed by atoms with Crippen LogP contribution in [0.25, 0.3) is 0 Å². The molecule has 3 rings (SSSR count). The van der Waals surface area contributed by atoms with Crippen molar-refractivity contribution in [3.63, 3.8) is 0 Å². The van der Waals surface area contributed by atoms with Gasteiger partial charge in [-0.1, -0.05) is 12.1 Å². The summed E-state index contributed by atoms with van der Waals surface area (Å²) in [5.41, 5.74) is 2.28. The fraction of sp³-hybridized carbons (Fsp3) is 0. The van der Waals surface area contributed by atoms with Gasteiger partial charge in [-0.3, -0.25) is 14.9 Å². The molecule has 146 valence electrons. The van der Waals surface area contributed by atoms with Crippen LogP contribution < -0.4 is 10.2 Å². The summed E-state index contributed by atoms with van der Waals surface area (Å²) in [5.74, 6) is -1.07. The molecular weight excluding hydrogens is 381 g/mol. The van der Waals surface area contributed by atoms with E-state index in [4.69, 9.17) is 4.74 Å². The zero-order valence-corrected chi connectivity index (χ0v) is 14.8. The van der Waals surface area contributed by atoms with Crippen LogP contribution in [0.3, 0.4) is 0 Å². The molecule has 8 nitrogen and oxygen atoms in total. The molecule has 0 radical (unpaired) electrons. The summed E-state index contributed by atoms with van der Waals surface area (Å²) in [6.07, 6.45) is 1.21. The molecule has 3 aromatic carbocycles. The number of hydrogen-bond donors (Lipinski definition) is 2. The average molecular weight is 395 g/mol. The van der Waals surface area contributed by atoms with Crippen LogP contribution >= 0.6 is 0 Å². The van der Waals surface area contributed by atoms with E-state index >= 15 is 0 Å². The molecule has 0 spiro atoms. The van der Waals surface area contributed by atoms with E-state index in [0.29, 0.717) is 5.56 Å². The molecule has 29 heavy (non-hydrogen) atoms. The van der Waals surface area contributed by atoms with E-state index in [1.807, 2.05) is 0 Å². The minimum atomic E-state index is -0.634. The highest BCUT2D eigenvalue weighted by atomic mass is 19.1. The molecule has 0 saturated carbocycles. The zero-order chi connectivity index (χ0) is 20.8. The van der Waals surface area contributed by atoms with E-state index in [1.54, 1.807) is 12.1 Å². The van der Waals surface area contributed by atoms with Gasteiger partial charge in [0.1, 0.15) is 17.3 Å². The molecule has 0 aliphatic heterocycles. The van der Waals surface area contributed by atoms with Crippen molar-refractivity contribution in [3.8, 4) is 17.2 Å². The predicted octanol–water partition coefficient (Wildman–Crippen LogP) is 4.00. The van der Waals surface area contributed by atoms with Crippen molar-refractivity contribution in [2.75, 3.05) is 0 Å². The quantitative estimate of drug-likeness (QED) is 0.372. The van der Waals surface area contributed by atoms with Gasteiger partial charge in [-0.25, -0.2) is 9.82 Å². The third-order valence-electron chi connectivity index (χ3n) is 3.75. The van der Waals surface area contributed by atoms with Gasteiger partial charge in [-0.15, -0.1) is 0 Å². The Hall–Kier alpha value is -4.27. The number of para-hydroxylation sites is 1. The summed E-state index contributed by atoms with van der Waals surface area (Å²) in [6.45, 7) is 0. The molecule has 0 aliphatic carbocycles. The van der Waals surface area contributed by atoms with Gasteiger partial charge in [0.05, 0.1) is 16.7 Å². The number of ether oxygens (including phenoxy) is 1. The van der Waals surface area contributed by atoms with E-state index in [-0.39, 0.29) is 28.5 Å². The number of phenolic OH excluding ortho intramolecular Hbond substituents is 1. The average Bonchev–Trinajstić information content (AvgIpc) is 2.70. The number of hydrogen-bond acceptors (Lipinski definition) is 6. The molecule has 0 atom stereocenters. The predicted molar refractivity (Wildman–Crippen MR) is 103 cm³/mol. The third kappa shape index (κ3) is 4.92. The van der Waals surface area contributed by atoms with Gasteiger partial charge in [-0.2, -0.15) is 5.10 Å². The van der Waals surface area contributed by atoms with Gasteiger partial charge in [-0.05, 0) is 48.5 Å². The Bertz CT molecular complexity index is 1080. The summed E-state index contributed by atoms with van der Waals surface area (Å²) in [5, 5.41) is 24.7. The summed E-state index contributed by atoms with van der Waals surface area (Å²) in [6, 6.07) is 15.1. The Morgan fingerprint density at radius 1 is 1.14 bits per heavy atom. The number of benzene rings is 3. The lowest BCUT2D eigenvalue weighted by Gasteiger charge is -2.07. The van der Waals surface area contributed by atoms with E-state index in [1.165, 1.54) is 60.8 Å². The van der Waals surface area contributed by atoms with Gasteiger partial charge in [0, 0.05) is 11.6 Å². The molecule has 0 heterocycles. The number of nitrogens with zero attached hydrogens (tertiary/aromatic N) is 2. The minimum absolute atomic E-state index is 0.0306. The van der Waals surface area contributed by atoms with Crippen LogP contribution in [0.1, 0.15) is 15.9 Å². The summed E-state index contributed by atoms with van der Waals surface area (Å²) in [4.78, 5) is 22.7. The lowest BCUT2D eigenvalue weighted by molar-refractivity contribution is -0.385. The lowest BCUT2D eigenvalue weighted by Crippen LogP contribution is -2.17. The number of nitro groups is 1. The molecule has 3 aromatic rings. The topological polar surface area (TPSA) is 114 Å². The van der Waals surface area contributed by atoms with Crippen LogP contribution in [-0.4, -0.2) is 22.2 Å². The monoisotopic (exact) mass is 395 g/mol. The fourth-order valence-corrected chi connectivity index (χ4v) is 2.36. The molecule has 2 N–H and O–H groups in total. The number of rotatable bonds is 6. The first-order chi connectivity index (χ1) is 13.9. The zero-order valence-electron chi connectivity index (χ0n) is 14.8. The SMILES string of the molecule is O=C(N/N=C\c1ccc(Oc2ccc(F)cc2)c([N+](=O)[O-])c1)c1ccccc1O. The molecule has 0 saturated heterocycles. The van der Waals surface area contributed by atoms with Crippen molar-refractivity contribution < 1.29 is 24.0 Å². The molecular formula is C20H14FN3O5. The Morgan fingerprint density at radius 3 is 2.55 bits per heavy atom. The van der Waals surface area contributed by atoms with Crippen molar-refractivity contribution in [1.29, 1.82) is 0 Å². The van der Waals surface area contributed by atoms with E-state index in [0.717, 1.165) is 0 Å². The number of carbonyl (C=O) groups excluding carboxylic acids is 1. The van der Waals surface area contributed by atoms with Crippen molar-refractivity contribution >= 4 is 17.8 Å². The van der Waals surface area contributed by atoms with Crippen LogP contribution in [0.4, 0.5) is 10.1 Å². The van der Waals surface area contributed by atoms with Crippen molar-refractivity contribution in [2.45, 2.75) is 0 Å². The number of hydrazone groups is 1. The summed E-state index contributed by atoms with van der Waals surface area (Å²) < 4.78 is 18.4. The Morgan fingerprint density at radius 2 is 1.86 bits per heavy atom. The molecule has 0 aromatic heterocycles. The maximum absolute atomic E-state index is 13.0. The highest BCUT2D eigenvalue weighted by molar-refractivity contribution is 5.97. The second-order valence-electron chi connectivity index (χ2n) is 5.76. The van der Waals surface area contributed by atoms with Crippen LogP contribution in [0, 0.1) is 15.9 Å². The number of phenols is 1. The van der Waals surface area contributed by atoms with Crippen molar-refractivity contribution in [3.05, 3.63) is 93.8 Å². The highest BCUT2D eigenvalue weighted by Gasteiger charge is 2.16. The van der Waals surface area contributed by atoms with Crippen molar-refractivity contribution in [2.24, 2.45) is 5.10 Å².